The van der Waals surface area contributed by atoms with Gasteiger partial charge in [0.25, 0.3) is 0 Å². The molecule has 0 saturated heterocycles. The molecule has 1 atom stereocenters. The summed E-state index contributed by atoms with van der Waals surface area (Å²) in [6, 6.07) is 1.49. The molecule has 6 heteroatoms. The maximum atomic E-state index is 11.5. The van der Waals surface area contributed by atoms with E-state index in [4.69, 9.17) is 5.26 Å². The normalized spacial score (nSPS) is 20.9. The number of nitrogens with one attached hydrogen (secondary N) is 1. The first-order valence-electron chi connectivity index (χ1n) is 4.88. The quantitative estimate of drug-likeness (QED) is 0.756. The Balaban J connectivity index is 2.56. The fraction of sp³-hybridized carbons (Fsp3) is 0.778. The highest BCUT2D eigenvalue weighted by Gasteiger charge is 2.26. The molecule has 1 unspecified atom stereocenters. The molecule has 0 spiro atoms. The maximum absolute atomic E-state index is 11.5. The second kappa shape index (κ2) is 4.73. The predicted molar refractivity (Wildman–Crippen MR) is 54.4 cm³/mol. The molecule has 1 rings (SSSR count). The number of hydrogen-bond acceptors (Lipinski definition) is 4. The van der Waals surface area contributed by atoms with Gasteiger partial charge in [0.15, 0.2) is 5.25 Å². The second-order valence-electron chi connectivity index (χ2n) is 3.75. The highest BCUT2D eigenvalue weighted by molar-refractivity contribution is 7.90. The molecule has 1 aliphatic rings. The number of Topliss-reactive ketones (excluding diaryl/α,β-unsaturated/α-hetero) is 1. The van der Waals surface area contributed by atoms with Crippen molar-refractivity contribution >= 4 is 15.8 Å². The minimum Gasteiger partial charge on any atom is -0.300 e. The van der Waals surface area contributed by atoms with Crippen molar-refractivity contribution in [3.63, 3.8) is 0 Å². The third-order valence-corrected chi connectivity index (χ3v) is 4.22. The monoisotopic (exact) mass is 230 g/mol. The SMILES string of the molecule is CC(C#N)S(=O)(=O)NC1CCC(=O)CC1. The summed E-state index contributed by atoms with van der Waals surface area (Å²) in [4.78, 5) is 10.9. The number of carbonyl (C=O) groups is 1. The van der Waals surface area contributed by atoms with Crippen LogP contribution in [-0.2, 0) is 14.8 Å². The maximum Gasteiger partial charge on any atom is 0.227 e. The van der Waals surface area contributed by atoms with Crippen LogP contribution in [0.5, 0.6) is 0 Å². The van der Waals surface area contributed by atoms with Crippen molar-refractivity contribution in [2.24, 2.45) is 0 Å². The fourth-order valence-corrected chi connectivity index (χ4v) is 2.50. The topological polar surface area (TPSA) is 87.0 Å². The van der Waals surface area contributed by atoms with E-state index >= 15 is 0 Å². The third-order valence-electron chi connectivity index (χ3n) is 2.52. The van der Waals surface area contributed by atoms with Crippen molar-refractivity contribution in [3.05, 3.63) is 0 Å². The largest absolute Gasteiger partial charge is 0.300 e. The van der Waals surface area contributed by atoms with E-state index in [1.54, 1.807) is 6.07 Å². The van der Waals surface area contributed by atoms with Crippen molar-refractivity contribution in [1.82, 2.24) is 4.72 Å². The first kappa shape index (κ1) is 12.1. The molecule has 0 aromatic rings. The zero-order valence-electron chi connectivity index (χ0n) is 8.56. The van der Waals surface area contributed by atoms with Crippen LogP contribution in [0, 0.1) is 11.3 Å². The number of sulfonamides is 1. The smallest absolute Gasteiger partial charge is 0.227 e. The van der Waals surface area contributed by atoms with E-state index in [0.29, 0.717) is 25.7 Å². The molecule has 0 bridgehead atoms. The molecule has 1 aliphatic carbocycles. The van der Waals surface area contributed by atoms with Gasteiger partial charge in [-0.2, -0.15) is 5.26 Å². The first-order valence-corrected chi connectivity index (χ1v) is 6.43. The molecule has 0 radical (unpaired) electrons. The summed E-state index contributed by atoms with van der Waals surface area (Å²) >= 11 is 0. The van der Waals surface area contributed by atoms with Crippen LogP contribution in [0.25, 0.3) is 0 Å². The van der Waals surface area contributed by atoms with Crippen molar-refractivity contribution in [2.75, 3.05) is 0 Å². The van der Waals surface area contributed by atoms with Gasteiger partial charge in [-0.3, -0.25) is 4.79 Å². The Bertz CT molecular complexity index is 373. The molecule has 1 saturated carbocycles. The van der Waals surface area contributed by atoms with E-state index in [9.17, 15) is 13.2 Å². The number of ketones is 1. The van der Waals surface area contributed by atoms with E-state index in [-0.39, 0.29) is 11.8 Å². The van der Waals surface area contributed by atoms with Gasteiger partial charge in [-0.15, -0.1) is 0 Å². The van der Waals surface area contributed by atoms with E-state index in [1.807, 2.05) is 0 Å². The van der Waals surface area contributed by atoms with Crippen LogP contribution in [0.2, 0.25) is 0 Å². The summed E-state index contributed by atoms with van der Waals surface area (Å²) in [7, 11) is -3.55. The summed E-state index contributed by atoms with van der Waals surface area (Å²) < 4.78 is 25.4. The molecular weight excluding hydrogens is 216 g/mol. The van der Waals surface area contributed by atoms with Gasteiger partial charge in [-0.05, 0) is 19.8 Å². The van der Waals surface area contributed by atoms with Crippen molar-refractivity contribution in [1.29, 1.82) is 5.26 Å². The number of nitrogens with zero attached hydrogens (tertiary/aromatic N) is 1. The van der Waals surface area contributed by atoms with Crippen LogP contribution in [0.15, 0.2) is 0 Å². The summed E-state index contributed by atoms with van der Waals surface area (Å²) in [5, 5.41) is 7.47. The Kier molecular flexibility index (Phi) is 3.83. The van der Waals surface area contributed by atoms with E-state index in [1.165, 1.54) is 6.92 Å². The van der Waals surface area contributed by atoms with Crippen molar-refractivity contribution < 1.29 is 13.2 Å². The minimum atomic E-state index is -3.55. The van der Waals surface area contributed by atoms with Gasteiger partial charge in [0, 0.05) is 18.9 Å². The molecule has 1 fully saturated rings. The van der Waals surface area contributed by atoms with Gasteiger partial charge >= 0.3 is 0 Å². The van der Waals surface area contributed by atoms with Crippen molar-refractivity contribution in [2.45, 2.75) is 43.9 Å². The lowest BCUT2D eigenvalue weighted by Gasteiger charge is -2.22. The van der Waals surface area contributed by atoms with E-state index in [2.05, 4.69) is 4.72 Å². The Morgan fingerprint density at radius 1 is 1.47 bits per heavy atom. The minimum absolute atomic E-state index is 0.179. The molecule has 5 nitrogen and oxygen atoms in total. The Morgan fingerprint density at radius 3 is 2.47 bits per heavy atom. The molecule has 0 amide bonds. The molecule has 1 N–H and O–H groups in total. The Morgan fingerprint density at radius 2 is 2.00 bits per heavy atom. The zero-order valence-corrected chi connectivity index (χ0v) is 9.38. The van der Waals surface area contributed by atoms with Crippen LogP contribution in [0.3, 0.4) is 0 Å². The van der Waals surface area contributed by atoms with Gasteiger partial charge in [-0.25, -0.2) is 13.1 Å². The Labute approximate surface area is 89.5 Å². The van der Waals surface area contributed by atoms with Gasteiger partial charge in [0.1, 0.15) is 5.78 Å². The van der Waals surface area contributed by atoms with Crippen LogP contribution in [0.4, 0.5) is 0 Å². The van der Waals surface area contributed by atoms with Crippen LogP contribution < -0.4 is 4.72 Å². The summed E-state index contributed by atoms with van der Waals surface area (Å²) in [6.07, 6.45) is 1.93. The van der Waals surface area contributed by atoms with Gasteiger partial charge in [0.05, 0.1) is 6.07 Å². The number of carbonyl (C=O) groups excluding carboxylic acids is 1. The average molecular weight is 230 g/mol. The van der Waals surface area contributed by atoms with E-state index < -0.39 is 15.3 Å². The van der Waals surface area contributed by atoms with Crippen molar-refractivity contribution in [3.8, 4) is 6.07 Å². The number of hydrogen-bond donors (Lipinski definition) is 1. The zero-order chi connectivity index (χ0) is 11.5. The number of rotatable bonds is 3. The summed E-state index contributed by atoms with van der Waals surface area (Å²) in [5.74, 6) is 0.179. The molecular formula is C9H14N2O3S. The molecule has 0 aromatic heterocycles. The number of nitriles is 1. The fourth-order valence-electron chi connectivity index (χ4n) is 1.46. The van der Waals surface area contributed by atoms with Crippen LogP contribution >= 0.6 is 0 Å². The predicted octanol–water partition coefficient (Wildman–Crippen LogP) is 0.330. The Hall–Kier alpha value is -0.930. The lowest BCUT2D eigenvalue weighted by molar-refractivity contribution is -0.120. The van der Waals surface area contributed by atoms with Crippen LogP contribution in [0.1, 0.15) is 32.6 Å². The van der Waals surface area contributed by atoms with Gasteiger partial charge in [-0.1, -0.05) is 0 Å². The molecule has 0 aliphatic heterocycles. The third kappa shape index (κ3) is 3.29. The molecule has 84 valence electrons. The first-order chi connectivity index (χ1) is 6.95. The van der Waals surface area contributed by atoms with Crippen LogP contribution in [-0.4, -0.2) is 25.5 Å². The lowest BCUT2D eigenvalue weighted by atomic mass is 9.95. The van der Waals surface area contributed by atoms with Gasteiger partial charge in [0.2, 0.25) is 10.0 Å². The lowest BCUT2D eigenvalue weighted by Crippen LogP contribution is -2.41. The average Bonchev–Trinajstić information content (AvgIpc) is 2.20. The standard InChI is InChI=1S/C9H14N2O3S/c1-7(6-10)15(13,14)11-8-2-4-9(12)5-3-8/h7-8,11H,2-5H2,1H3. The second-order valence-corrected chi connectivity index (χ2v) is 5.78. The van der Waals surface area contributed by atoms with E-state index in [0.717, 1.165) is 0 Å². The highest BCUT2D eigenvalue weighted by Crippen LogP contribution is 2.16. The summed E-state index contributed by atoms with van der Waals surface area (Å²) in [6.45, 7) is 1.34. The molecule has 0 heterocycles. The highest BCUT2D eigenvalue weighted by atomic mass is 32.2. The molecule has 15 heavy (non-hydrogen) atoms. The van der Waals surface area contributed by atoms with Gasteiger partial charge < -0.3 is 0 Å². The summed E-state index contributed by atoms with van der Waals surface area (Å²) in [5.41, 5.74) is 0. The molecule has 0 aromatic carbocycles.